The van der Waals surface area contributed by atoms with E-state index in [0.717, 1.165) is 0 Å². The molecule has 4 nitrogen and oxygen atoms in total. The molecule has 0 heterocycles. The van der Waals surface area contributed by atoms with Crippen LogP contribution in [0.5, 0.6) is 11.5 Å². The van der Waals surface area contributed by atoms with Crippen LogP contribution in [0.3, 0.4) is 0 Å². The lowest BCUT2D eigenvalue weighted by Gasteiger charge is -2.14. The molecule has 0 atom stereocenters. The number of hydrogen-bond donors (Lipinski definition) is 2. The van der Waals surface area contributed by atoms with Crippen LogP contribution < -0.4 is 10.1 Å². The zero-order valence-corrected chi connectivity index (χ0v) is 14.3. The van der Waals surface area contributed by atoms with E-state index in [9.17, 15) is 9.90 Å². The number of halogens is 2. The summed E-state index contributed by atoms with van der Waals surface area (Å²) in [5.41, 5.74) is 0.509. The lowest BCUT2D eigenvalue weighted by atomic mass is 10.1. The minimum absolute atomic E-state index is 0.0762. The first kappa shape index (κ1) is 17.4. The summed E-state index contributed by atoms with van der Waals surface area (Å²) in [5.74, 6) is 0.199. The maximum Gasteiger partial charge on any atom is 0.259 e. The molecule has 0 radical (unpaired) electrons. The second kappa shape index (κ2) is 7.57. The first-order chi connectivity index (χ1) is 10.9. The van der Waals surface area contributed by atoms with Gasteiger partial charge in [0.2, 0.25) is 0 Å². The topological polar surface area (TPSA) is 58.6 Å². The molecule has 0 fully saturated rings. The predicted octanol–water partition coefficient (Wildman–Crippen LogP) is 4.99. The quantitative estimate of drug-likeness (QED) is 0.796. The Labute approximate surface area is 145 Å². The summed E-state index contributed by atoms with van der Waals surface area (Å²) >= 11 is 11.9. The highest BCUT2D eigenvalue weighted by Crippen LogP contribution is 2.30. The summed E-state index contributed by atoms with van der Waals surface area (Å²) in [4.78, 5) is 12.4. The molecule has 6 heteroatoms. The number of benzene rings is 2. The second-order valence-electron chi connectivity index (χ2n) is 5.46. The van der Waals surface area contributed by atoms with Crippen LogP contribution in [0.25, 0.3) is 0 Å². The molecule has 0 saturated heterocycles. The van der Waals surface area contributed by atoms with Crippen LogP contribution in [0.4, 0.5) is 5.69 Å². The van der Waals surface area contributed by atoms with Crippen molar-refractivity contribution < 1.29 is 14.6 Å². The van der Waals surface area contributed by atoms with E-state index in [-0.39, 0.29) is 11.3 Å². The van der Waals surface area contributed by atoms with Gasteiger partial charge < -0.3 is 15.2 Å². The van der Waals surface area contributed by atoms with E-state index in [2.05, 4.69) is 5.32 Å². The molecule has 0 bridgehead atoms. The summed E-state index contributed by atoms with van der Waals surface area (Å²) in [6.45, 7) is 4.56. The molecule has 23 heavy (non-hydrogen) atoms. The van der Waals surface area contributed by atoms with E-state index in [1.165, 1.54) is 18.2 Å². The second-order valence-corrected chi connectivity index (χ2v) is 6.33. The zero-order chi connectivity index (χ0) is 17.0. The average Bonchev–Trinajstić information content (AvgIpc) is 2.48. The molecule has 0 aliphatic carbocycles. The third-order valence-corrected chi connectivity index (χ3v) is 3.44. The van der Waals surface area contributed by atoms with E-state index in [4.69, 9.17) is 27.9 Å². The molecule has 122 valence electrons. The fourth-order valence-corrected chi connectivity index (χ4v) is 2.21. The van der Waals surface area contributed by atoms with Gasteiger partial charge in [0.05, 0.1) is 17.9 Å². The van der Waals surface area contributed by atoms with Gasteiger partial charge in [0.25, 0.3) is 5.91 Å². The molecule has 1 amide bonds. The average molecular weight is 354 g/mol. The monoisotopic (exact) mass is 353 g/mol. The van der Waals surface area contributed by atoms with Crippen molar-refractivity contribution in [2.75, 3.05) is 11.9 Å². The SMILES string of the molecule is CC(C)COc1ccc(Cl)cc1NC(=O)c1cc(Cl)ccc1O. The number of nitrogens with one attached hydrogen (secondary N) is 1. The minimum Gasteiger partial charge on any atom is -0.507 e. The lowest BCUT2D eigenvalue weighted by molar-refractivity contribution is 0.102. The number of anilines is 1. The third kappa shape index (κ3) is 4.78. The third-order valence-electron chi connectivity index (χ3n) is 2.97. The van der Waals surface area contributed by atoms with E-state index in [1.54, 1.807) is 18.2 Å². The standard InChI is InChI=1S/C17H17Cl2NO3/c1-10(2)9-23-16-6-4-12(19)8-14(16)20-17(22)13-7-11(18)3-5-15(13)21/h3-8,10,21H,9H2,1-2H3,(H,20,22). The summed E-state index contributed by atoms with van der Waals surface area (Å²) in [6, 6.07) is 9.24. The number of carbonyl (C=O) groups excluding carboxylic acids is 1. The van der Waals surface area contributed by atoms with E-state index in [1.807, 2.05) is 13.8 Å². The van der Waals surface area contributed by atoms with Crippen LogP contribution in [-0.4, -0.2) is 17.6 Å². The Balaban J connectivity index is 2.26. The number of amides is 1. The Morgan fingerprint density at radius 2 is 1.83 bits per heavy atom. The van der Waals surface area contributed by atoms with Gasteiger partial charge >= 0.3 is 0 Å². The molecule has 0 aliphatic rings. The molecule has 0 unspecified atom stereocenters. The maximum atomic E-state index is 12.4. The van der Waals surface area contributed by atoms with Crippen LogP contribution in [0, 0.1) is 5.92 Å². The van der Waals surface area contributed by atoms with Crippen molar-refractivity contribution in [1.82, 2.24) is 0 Å². The predicted molar refractivity (Wildman–Crippen MR) is 92.9 cm³/mol. The van der Waals surface area contributed by atoms with Crippen molar-refractivity contribution in [1.29, 1.82) is 0 Å². The summed E-state index contributed by atoms with van der Waals surface area (Å²) in [7, 11) is 0. The summed E-state index contributed by atoms with van der Waals surface area (Å²) < 4.78 is 5.68. The van der Waals surface area contributed by atoms with Crippen LogP contribution in [0.1, 0.15) is 24.2 Å². The normalized spacial score (nSPS) is 10.7. The molecular weight excluding hydrogens is 337 g/mol. The zero-order valence-electron chi connectivity index (χ0n) is 12.8. The van der Waals surface area contributed by atoms with E-state index >= 15 is 0 Å². The first-order valence-corrected chi connectivity index (χ1v) is 7.84. The van der Waals surface area contributed by atoms with Gasteiger partial charge in [-0.2, -0.15) is 0 Å². The first-order valence-electron chi connectivity index (χ1n) is 7.09. The number of ether oxygens (including phenoxy) is 1. The molecule has 2 rings (SSSR count). The Bertz CT molecular complexity index is 717. The maximum absolute atomic E-state index is 12.4. The molecule has 2 N–H and O–H groups in total. The van der Waals surface area contributed by atoms with Crippen molar-refractivity contribution >= 4 is 34.8 Å². The molecule has 0 aromatic heterocycles. The van der Waals surface area contributed by atoms with Crippen molar-refractivity contribution in [3.8, 4) is 11.5 Å². The number of aromatic hydroxyl groups is 1. The molecule has 0 spiro atoms. The largest absolute Gasteiger partial charge is 0.507 e. The van der Waals surface area contributed by atoms with Gasteiger partial charge in [0.15, 0.2) is 0 Å². The lowest BCUT2D eigenvalue weighted by Crippen LogP contribution is -2.14. The summed E-state index contributed by atoms with van der Waals surface area (Å²) in [5, 5.41) is 13.3. The van der Waals surface area contributed by atoms with Gasteiger partial charge in [0.1, 0.15) is 11.5 Å². The Kier molecular flexibility index (Phi) is 5.74. The number of hydrogen-bond acceptors (Lipinski definition) is 3. The Morgan fingerprint density at radius 3 is 2.52 bits per heavy atom. The fourth-order valence-electron chi connectivity index (χ4n) is 1.86. The Hall–Kier alpha value is -1.91. The van der Waals surface area contributed by atoms with Crippen molar-refractivity contribution in [2.45, 2.75) is 13.8 Å². The number of carbonyl (C=O) groups is 1. The van der Waals surface area contributed by atoms with Crippen molar-refractivity contribution in [3.05, 3.63) is 52.0 Å². The van der Waals surface area contributed by atoms with E-state index in [0.29, 0.717) is 34.0 Å². The van der Waals surface area contributed by atoms with Crippen molar-refractivity contribution in [3.63, 3.8) is 0 Å². The fraction of sp³-hybridized carbons (Fsp3) is 0.235. The van der Waals surface area contributed by atoms with Gasteiger partial charge in [-0.25, -0.2) is 0 Å². The molecule has 2 aromatic rings. The minimum atomic E-state index is -0.498. The van der Waals surface area contributed by atoms with Gasteiger partial charge in [-0.15, -0.1) is 0 Å². The van der Waals surface area contributed by atoms with Gasteiger partial charge in [-0.3, -0.25) is 4.79 Å². The van der Waals surface area contributed by atoms with Gasteiger partial charge in [-0.1, -0.05) is 37.0 Å². The molecule has 0 saturated carbocycles. The summed E-state index contributed by atoms with van der Waals surface area (Å²) in [6.07, 6.45) is 0. The highest BCUT2D eigenvalue weighted by atomic mass is 35.5. The smallest absolute Gasteiger partial charge is 0.259 e. The highest BCUT2D eigenvalue weighted by molar-refractivity contribution is 6.31. The molecule has 0 aliphatic heterocycles. The van der Waals surface area contributed by atoms with Crippen LogP contribution in [0.15, 0.2) is 36.4 Å². The van der Waals surface area contributed by atoms with Gasteiger partial charge in [0, 0.05) is 10.0 Å². The number of phenolic OH excluding ortho intramolecular Hbond substituents is 1. The highest BCUT2D eigenvalue weighted by Gasteiger charge is 2.15. The molecule has 2 aromatic carbocycles. The van der Waals surface area contributed by atoms with Crippen LogP contribution in [-0.2, 0) is 0 Å². The number of phenols is 1. The Morgan fingerprint density at radius 1 is 1.17 bits per heavy atom. The van der Waals surface area contributed by atoms with Gasteiger partial charge in [-0.05, 0) is 42.3 Å². The number of rotatable bonds is 5. The van der Waals surface area contributed by atoms with Crippen molar-refractivity contribution in [2.24, 2.45) is 5.92 Å². The van der Waals surface area contributed by atoms with E-state index < -0.39 is 5.91 Å². The van der Waals surface area contributed by atoms with Crippen LogP contribution >= 0.6 is 23.2 Å². The molecular formula is C17H17Cl2NO3. The van der Waals surface area contributed by atoms with Crippen LogP contribution in [0.2, 0.25) is 10.0 Å².